The van der Waals surface area contributed by atoms with Crippen LogP contribution in [0, 0.1) is 11.7 Å². The van der Waals surface area contributed by atoms with E-state index >= 15 is 0 Å². The summed E-state index contributed by atoms with van der Waals surface area (Å²) >= 11 is 0. The molecule has 1 amide bonds. The highest BCUT2D eigenvalue weighted by Crippen LogP contribution is 2.13. The van der Waals surface area contributed by atoms with Crippen molar-refractivity contribution in [1.29, 1.82) is 0 Å². The predicted octanol–water partition coefficient (Wildman–Crippen LogP) is 1.42. The molecule has 1 atom stereocenters. The molecule has 1 aliphatic heterocycles. The van der Waals surface area contributed by atoms with E-state index in [9.17, 15) is 17.6 Å². The van der Waals surface area contributed by atoms with Gasteiger partial charge in [0.2, 0.25) is 15.9 Å². The highest BCUT2D eigenvalue weighted by atomic mass is 35.5. The Hall–Kier alpha value is -1.22. The largest absolute Gasteiger partial charge is 0.356 e. The van der Waals surface area contributed by atoms with Gasteiger partial charge < -0.3 is 10.6 Å². The Balaban J connectivity index is 0.00000312. The fourth-order valence-corrected chi connectivity index (χ4v) is 3.82. The zero-order chi connectivity index (χ0) is 17.4. The quantitative estimate of drug-likeness (QED) is 0.623. The molecule has 0 bridgehead atoms. The number of piperidine rings is 1. The second-order valence-corrected chi connectivity index (χ2v) is 7.66. The molecule has 3 N–H and O–H groups in total. The molecule has 142 valence electrons. The van der Waals surface area contributed by atoms with Crippen molar-refractivity contribution in [3.05, 3.63) is 30.1 Å². The van der Waals surface area contributed by atoms with Crippen LogP contribution < -0.4 is 15.4 Å². The predicted molar refractivity (Wildman–Crippen MR) is 96.7 cm³/mol. The lowest BCUT2D eigenvalue weighted by atomic mass is 9.96. The molecule has 1 saturated heterocycles. The number of rotatable bonds is 8. The Morgan fingerprint density at radius 3 is 2.72 bits per heavy atom. The first kappa shape index (κ1) is 21.8. The molecule has 1 aromatic rings. The highest BCUT2D eigenvalue weighted by molar-refractivity contribution is 7.89. The summed E-state index contributed by atoms with van der Waals surface area (Å²) in [6.07, 6.45) is 3.28. The smallest absolute Gasteiger partial charge is 0.243 e. The number of hydrogen-bond donors (Lipinski definition) is 3. The van der Waals surface area contributed by atoms with E-state index in [1.807, 2.05) is 0 Å². The van der Waals surface area contributed by atoms with Crippen LogP contribution in [-0.2, 0) is 14.8 Å². The number of halogens is 2. The van der Waals surface area contributed by atoms with Crippen LogP contribution in [0.2, 0.25) is 0 Å². The van der Waals surface area contributed by atoms with Crippen molar-refractivity contribution < 1.29 is 17.6 Å². The highest BCUT2D eigenvalue weighted by Gasteiger charge is 2.18. The zero-order valence-electron chi connectivity index (χ0n) is 14.0. The van der Waals surface area contributed by atoms with E-state index in [0.29, 0.717) is 12.5 Å². The Morgan fingerprint density at radius 1 is 1.28 bits per heavy atom. The van der Waals surface area contributed by atoms with Gasteiger partial charge in [-0.15, -0.1) is 12.4 Å². The summed E-state index contributed by atoms with van der Waals surface area (Å²) in [7, 11) is -3.94. The molecule has 25 heavy (non-hydrogen) atoms. The SMILES string of the molecule is Cl.O=C(CCNS(=O)(=O)c1ccccc1F)NCCC1CCCNC1. The van der Waals surface area contributed by atoms with E-state index in [2.05, 4.69) is 15.4 Å². The number of sulfonamides is 1. The molecule has 6 nitrogen and oxygen atoms in total. The molecule has 2 rings (SSSR count). The van der Waals surface area contributed by atoms with Gasteiger partial charge in [0.25, 0.3) is 0 Å². The first-order valence-corrected chi connectivity index (χ1v) is 9.69. The molecule has 0 aromatic heterocycles. The lowest BCUT2D eigenvalue weighted by molar-refractivity contribution is -0.120. The van der Waals surface area contributed by atoms with Crippen LogP contribution in [-0.4, -0.2) is 40.5 Å². The number of nitrogens with one attached hydrogen (secondary N) is 3. The first-order valence-electron chi connectivity index (χ1n) is 8.20. The third-order valence-electron chi connectivity index (χ3n) is 4.04. The van der Waals surface area contributed by atoms with Crippen molar-refractivity contribution in [1.82, 2.24) is 15.4 Å². The van der Waals surface area contributed by atoms with Gasteiger partial charge >= 0.3 is 0 Å². The van der Waals surface area contributed by atoms with Crippen molar-refractivity contribution >= 4 is 28.3 Å². The van der Waals surface area contributed by atoms with Crippen LogP contribution in [0.3, 0.4) is 0 Å². The van der Waals surface area contributed by atoms with E-state index in [0.717, 1.165) is 32.0 Å². The number of hydrogen-bond acceptors (Lipinski definition) is 4. The van der Waals surface area contributed by atoms with E-state index in [1.54, 1.807) is 0 Å². The van der Waals surface area contributed by atoms with E-state index in [4.69, 9.17) is 0 Å². The average Bonchev–Trinajstić information content (AvgIpc) is 2.56. The van der Waals surface area contributed by atoms with Gasteiger partial charge in [-0.25, -0.2) is 17.5 Å². The minimum atomic E-state index is -3.94. The molecule has 1 heterocycles. The topological polar surface area (TPSA) is 87.3 Å². The summed E-state index contributed by atoms with van der Waals surface area (Å²) in [5.74, 6) is -0.441. The second kappa shape index (κ2) is 10.7. The van der Waals surface area contributed by atoms with Crippen molar-refractivity contribution in [2.24, 2.45) is 5.92 Å². The van der Waals surface area contributed by atoms with Gasteiger partial charge in [0.15, 0.2) is 0 Å². The molecular formula is C16H25ClFN3O3S. The van der Waals surface area contributed by atoms with Crippen LogP contribution in [0.5, 0.6) is 0 Å². The van der Waals surface area contributed by atoms with E-state index < -0.39 is 20.7 Å². The van der Waals surface area contributed by atoms with Gasteiger partial charge in [-0.1, -0.05) is 12.1 Å². The van der Waals surface area contributed by atoms with Crippen LogP contribution >= 0.6 is 12.4 Å². The lowest BCUT2D eigenvalue weighted by Gasteiger charge is -2.22. The fraction of sp³-hybridized carbons (Fsp3) is 0.562. The summed E-state index contributed by atoms with van der Waals surface area (Å²) in [5, 5.41) is 6.12. The Kier molecular flexibility index (Phi) is 9.34. The molecule has 1 aliphatic rings. The summed E-state index contributed by atoms with van der Waals surface area (Å²) in [5.41, 5.74) is 0. The van der Waals surface area contributed by atoms with Gasteiger partial charge in [0.05, 0.1) is 0 Å². The average molecular weight is 394 g/mol. The van der Waals surface area contributed by atoms with Gasteiger partial charge in [-0.3, -0.25) is 4.79 Å². The van der Waals surface area contributed by atoms with Gasteiger partial charge in [-0.05, 0) is 50.4 Å². The number of carbonyl (C=O) groups is 1. The van der Waals surface area contributed by atoms with Gasteiger partial charge in [-0.2, -0.15) is 0 Å². The normalized spacial score (nSPS) is 17.6. The third-order valence-corrected chi connectivity index (χ3v) is 5.54. The van der Waals surface area contributed by atoms with Crippen molar-refractivity contribution in [3.8, 4) is 0 Å². The van der Waals surface area contributed by atoms with Crippen LogP contribution in [0.4, 0.5) is 4.39 Å². The summed E-state index contributed by atoms with van der Waals surface area (Å²) in [6.45, 7) is 2.57. The van der Waals surface area contributed by atoms with Crippen molar-refractivity contribution in [2.45, 2.75) is 30.6 Å². The van der Waals surface area contributed by atoms with Gasteiger partial charge in [0.1, 0.15) is 10.7 Å². The molecule has 0 aliphatic carbocycles. The summed E-state index contributed by atoms with van der Waals surface area (Å²) in [6, 6.07) is 5.14. The summed E-state index contributed by atoms with van der Waals surface area (Å²) in [4.78, 5) is 11.3. The molecule has 0 radical (unpaired) electrons. The van der Waals surface area contributed by atoms with E-state index in [-0.39, 0.29) is 31.3 Å². The minimum Gasteiger partial charge on any atom is -0.356 e. The molecule has 0 saturated carbocycles. The number of benzene rings is 1. The second-order valence-electron chi connectivity index (χ2n) is 5.93. The Labute approximate surface area is 154 Å². The molecule has 0 spiro atoms. The molecule has 1 aromatic carbocycles. The first-order chi connectivity index (χ1) is 11.5. The van der Waals surface area contributed by atoms with Crippen LogP contribution in [0.25, 0.3) is 0 Å². The number of carbonyl (C=O) groups excluding carboxylic acids is 1. The van der Waals surface area contributed by atoms with Crippen LogP contribution in [0.1, 0.15) is 25.7 Å². The Bertz CT molecular complexity index is 652. The Morgan fingerprint density at radius 2 is 2.04 bits per heavy atom. The molecule has 9 heteroatoms. The van der Waals surface area contributed by atoms with Gasteiger partial charge in [0, 0.05) is 19.5 Å². The maximum atomic E-state index is 13.5. The standard InChI is InChI=1S/C16H24FN3O3S.ClH/c17-14-5-1-2-6-15(14)24(22,23)20-11-8-16(21)19-10-7-13-4-3-9-18-12-13;/h1-2,5-6,13,18,20H,3-4,7-12H2,(H,19,21);1H. The summed E-state index contributed by atoms with van der Waals surface area (Å²) < 4.78 is 39.7. The zero-order valence-corrected chi connectivity index (χ0v) is 15.6. The van der Waals surface area contributed by atoms with E-state index in [1.165, 1.54) is 24.6 Å². The molecule has 1 unspecified atom stereocenters. The van der Waals surface area contributed by atoms with Crippen molar-refractivity contribution in [2.75, 3.05) is 26.2 Å². The maximum absolute atomic E-state index is 13.5. The molecule has 1 fully saturated rings. The monoisotopic (exact) mass is 393 g/mol. The number of amides is 1. The maximum Gasteiger partial charge on any atom is 0.243 e. The minimum absolute atomic E-state index is 0. The van der Waals surface area contributed by atoms with Crippen LogP contribution in [0.15, 0.2) is 29.2 Å². The lowest BCUT2D eigenvalue weighted by Crippen LogP contribution is -2.34. The van der Waals surface area contributed by atoms with Crippen molar-refractivity contribution in [3.63, 3.8) is 0 Å². The molecular weight excluding hydrogens is 369 g/mol. The fourth-order valence-electron chi connectivity index (χ4n) is 2.71. The third kappa shape index (κ3) is 7.27.